The maximum absolute atomic E-state index is 12.4. The van der Waals surface area contributed by atoms with Crippen molar-refractivity contribution < 1.29 is 22.7 Å². The molecule has 2 rings (SSSR count). The van der Waals surface area contributed by atoms with Gasteiger partial charge in [-0.1, -0.05) is 30.3 Å². The van der Waals surface area contributed by atoms with Gasteiger partial charge in [-0.15, -0.1) is 0 Å². The van der Waals surface area contributed by atoms with Crippen LogP contribution in [0.15, 0.2) is 53.4 Å². The predicted octanol–water partition coefficient (Wildman–Crippen LogP) is 2.55. The van der Waals surface area contributed by atoms with Crippen LogP contribution in [0.25, 0.3) is 0 Å². The quantitative estimate of drug-likeness (QED) is 0.699. The first-order valence-electron chi connectivity index (χ1n) is 8.24. The predicted molar refractivity (Wildman–Crippen MR) is 103 cm³/mol. The third-order valence-corrected chi connectivity index (χ3v) is 5.72. The van der Waals surface area contributed by atoms with Crippen LogP contribution in [0, 0.1) is 0 Å². The zero-order valence-electron chi connectivity index (χ0n) is 15.4. The lowest BCUT2D eigenvalue weighted by Crippen LogP contribution is -2.23. The topological polar surface area (TPSA) is 92.8 Å². The van der Waals surface area contributed by atoms with Gasteiger partial charge < -0.3 is 10.1 Å². The van der Waals surface area contributed by atoms with Gasteiger partial charge in [0.25, 0.3) is 0 Å². The molecule has 27 heavy (non-hydrogen) atoms. The lowest BCUT2D eigenvalue weighted by atomic mass is 10.1. The number of anilines is 1. The molecule has 1 amide bonds. The zero-order chi connectivity index (χ0) is 20.0. The normalized spacial score (nSPS) is 11.3. The van der Waals surface area contributed by atoms with E-state index in [1.165, 1.54) is 33.3 Å². The number of sulfonamides is 1. The van der Waals surface area contributed by atoms with Crippen molar-refractivity contribution in [2.45, 2.75) is 17.7 Å². The Kier molecular flexibility index (Phi) is 6.70. The van der Waals surface area contributed by atoms with Crippen LogP contribution in [0.2, 0.25) is 0 Å². The Morgan fingerprint density at radius 3 is 2.30 bits per heavy atom. The molecular weight excluding hydrogens is 368 g/mol. The number of Topliss-reactive ketones (excluding diaryl/α,β-unsaturated/α-hetero) is 1. The molecule has 8 heteroatoms. The Labute approximate surface area is 159 Å². The van der Waals surface area contributed by atoms with Crippen LogP contribution in [0.4, 0.5) is 5.69 Å². The van der Waals surface area contributed by atoms with Crippen molar-refractivity contribution in [3.8, 4) is 5.75 Å². The van der Waals surface area contributed by atoms with Crippen LogP contribution >= 0.6 is 0 Å². The molecule has 1 N–H and O–H groups in total. The summed E-state index contributed by atoms with van der Waals surface area (Å²) >= 11 is 0. The molecule has 2 aromatic rings. The van der Waals surface area contributed by atoms with Crippen molar-refractivity contribution in [1.82, 2.24) is 4.31 Å². The SMILES string of the molecule is COc1ccc(NC(=O)CCC(=O)c2ccccc2)cc1S(=O)(=O)N(C)C. The average Bonchev–Trinajstić information content (AvgIpc) is 2.66. The molecular formula is C19H22N2O5S. The number of amides is 1. The number of ketones is 1. The summed E-state index contributed by atoms with van der Waals surface area (Å²) in [6.07, 6.45) is 0.0599. The molecule has 0 aromatic heterocycles. The molecule has 0 heterocycles. The highest BCUT2D eigenvalue weighted by molar-refractivity contribution is 7.89. The number of ether oxygens (including phenoxy) is 1. The number of nitrogens with zero attached hydrogens (tertiary/aromatic N) is 1. The number of hydrogen-bond donors (Lipinski definition) is 1. The Bertz CT molecular complexity index is 924. The molecule has 0 spiro atoms. The lowest BCUT2D eigenvalue weighted by molar-refractivity contribution is -0.116. The molecule has 0 aliphatic carbocycles. The van der Waals surface area contributed by atoms with E-state index in [0.717, 1.165) is 4.31 Å². The van der Waals surface area contributed by atoms with E-state index in [-0.39, 0.29) is 35.2 Å². The van der Waals surface area contributed by atoms with Gasteiger partial charge in [-0.2, -0.15) is 0 Å². The van der Waals surface area contributed by atoms with Gasteiger partial charge in [0.2, 0.25) is 15.9 Å². The number of methoxy groups -OCH3 is 1. The summed E-state index contributed by atoms with van der Waals surface area (Å²) in [6.45, 7) is 0. The van der Waals surface area contributed by atoms with Crippen LogP contribution in [-0.2, 0) is 14.8 Å². The molecule has 0 saturated heterocycles. The van der Waals surface area contributed by atoms with Gasteiger partial charge in [0.1, 0.15) is 10.6 Å². The van der Waals surface area contributed by atoms with Crippen molar-refractivity contribution in [2.75, 3.05) is 26.5 Å². The fraction of sp³-hybridized carbons (Fsp3) is 0.263. The monoisotopic (exact) mass is 390 g/mol. The van der Waals surface area contributed by atoms with Gasteiger partial charge in [-0.3, -0.25) is 9.59 Å². The van der Waals surface area contributed by atoms with E-state index in [1.807, 2.05) is 6.07 Å². The largest absolute Gasteiger partial charge is 0.495 e. The second-order valence-corrected chi connectivity index (χ2v) is 8.11. The highest BCUT2D eigenvalue weighted by atomic mass is 32.2. The molecule has 144 valence electrons. The third kappa shape index (κ3) is 5.15. The maximum atomic E-state index is 12.4. The first-order valence-corrected chi connectivity index (χ1v) is 9.68. The van der Waals surface area contributed by atoms with Gasteiger partial charge in [0, 0.05) is 38.2 Å². The van der Waals surface area contributed by atoms with E-state index in [9.17, 15) is 18.0 Å². The summed E-state index contributed by atoms with van der Waals surface area (Å²) in [5.41, 5.74) is 0.863. The summed E-state index contributed by atoms with van der Waals surface area (Å²) in [7, 11) is 0.460. The van der Waals surface area contributed by atoms with Gasteiger partial charge in [0.05, 0.1) is 7.11 Å². The maximum Gasteiger partial charge on any atom is 0.246 e. The second kappa shape index (κ2) is 8.79. The first kappa shape index (κ1) is 20.6. The summed E-state index contributed by atoms with van der Waals surface area (Å²) in [5, 5.41) is 2.62. The molecule has 0 atom stereocenters. The van der Waals surface area contributed by atoms with E-state index in [2.05, 4.69) is 5.32 Å². The minimum atomic E-state index is -3.74. The number of rotatable bonds is 8. The van der Waals surface area contributed by atoms with E-state index >= 15 is 0 Å². The molecule has 0 radical (unpaired) electrons. The second-order valence-electron chi connectivity index (χ2n) is 5.99. The minimum absolute atomic E-state index is 0.00444. The van der Waals surface area contributed by atoms with Gasteiger partial charge >= 0.3 is 0 Å². The number of nitrogens with one attached hydrogen (secondary N) is 1. The lowest BCUT2D eigenvalue weighted by Gasteiger charge is -2.16. The van der Waals surface area contributed by atoms with Crippen molar-refractivity contribution in [3.63, 3.8) is 0 Å². The van der Waals surface area contributed by atoms with Crippen molar-refractivity contribution >= 4 is 27.4 Å². The Hall–Kier alpha value is -2.71. The molecule has 0 bridgehead atoms. The molecule has 7 nitrogen and oxygen atoms in total. The average molecular weight is 390 g/mol. The minimum Gasteiger partial charge on any atom is -0.495 e. The highest BCUT2D eigenvalue weighted by Crippen LogP contribution is 2.28. The smallest absolute Gasteiger partial charge is 0.246 e. The van der Waals surface area contributed by atoms with Crippen molar-refractivity contribution in [1.29, 1.82) is 0 Å². The van der Waals surface area contributed by atoms with E-state index in [0.29, 0.717) is 11.3 Å². The van der Waals surface area contributed by atoms with Crippen LogP contribution in [0.5, 0.6) is 5.75 Å². The number of carbonyl (C=O) groups is 2. The van der Waals surface area contributed by atoms with Crippen LogP contribution in [0.1, 0.15) is 23.2 Å². The number of carbonyl (C=O) groups excluding carboxylic acids is 2. The van der Waals surface area contributed by atoms with Crippen LogP contribution < -0.4 is 10.1 Å². The summed E-state index contributed by atoms with van der Waals surface area (Å²) in [4.78, 5) is 24.2. The zero-order valence-corrected chi connectivity index (χ0v) is 16.2. The number of benzene rings is 2. The summed E-state index contributed by atoms with van der Waals surface area (Å²) in [5.74, 6) is -0.324. The molecule has 0 aliphatic rings. The summed E-state index contributed by atoms with van der Waals surface area (Å²) in [6, 6.07) is 13.1. The van der Waals surface area contributed by atoms with Gasteiger partial charge in [-0.25, -0.2) is 12.7 Å². The number of hydrogen-bond acceptors (Lipinski definition) is 5. The molecule has 0 unspecified atom stereocenters. The Morgan fingerprint density at radius 2 is 1.70 bits per heavy atom. The van der Waals surface area contributed by atoms with E-state index in [4.69, 9.17) is 4.74 Å². The van der Waals surface area contributed by atoms with Crippen LogP contribution in [-0.4, -0.2) is 45.6 Å². The molecule has 2 aromatic carbocycles. The van der Waals surface area contributed by atoms with Crippen molar-refractivity contribution in [3.05, 3.63) is 54.1 Å². The first-order chi connectivity index (χ1) is 12.8. The Morgan fingerprint density at radius 1 is 1.04 bits per heavy atom. The van der Waals surface area contributed by atoms with Gasteiger partial charge in [0.15, 0.2) is 5.78 Å². The van der Waals surface area contributed by atoms with Gasteiger partial charge in [-0.05, 0) is 18.2 Å². The highest BCUT2D eigenvalue weighted by Gasteiger charge is 2.23. The van der Waals surface area contributed by atoms with E-state index < -0.39 is 10.0 Å². The molecule has 0 aliphatic heterocycles. The summed E-state index contributed by atoms with van der Waals surface area (Å²) < 4.78 is 31.0. The third-order valence-electron chi connectivity index (χ3n) is 3.88. The fourth-order valence-electron chi connectivity index (χ4n) is 2.37. The van der Waals surface area contributed by atoms with Crippen LogP contribution in [0.3, 0.4) is 0 Å². The molecule has 0 fully saturated rings. The molecule has 0 saturated carbocycles. The van der Waals surface area contributed by atoms with Crippen molar-refractivity contribution in [2.24, 2.45) is 0 Å². The van der Waals surface area contributed by atoms with E-state index in [1.54, 1.807) is 30.3 Å². The standard InChI is InChI=1S/C19H22N2O5S/c1-21(2)27(24,25)18-13-15(9-11-17(18)26-3)20-19(23)12-10-16(22)14-7-5-4-6-8-14/h4-9,11,13H,10,12H2,1-3H3,(H,20,23). The fourth-order valence-corrected chi connectivity index (χ4v) is 3.45. The Balaban J connectivity index is 2.09.